The molecule has 124 valence electrons. The van der Waals surface area contributed by atoms with Crippen LogP contribution in [0, 0.1) is 0 Å². The molecular weight excluding hydrogens is 308 g/mol. The van der Waals surface area contributed by atoms with Crippen molar-refractivity contribution in [3.05, 3.63) is 58.6 Å². The predicted octanol–water partition coefficient (Wildman–Crippen LogP) is 4.20. The van der Waals surface area contributed by atoms with Gasteiger partial charge in [0.05, 0.1) is 0 Å². The molecule has 0 aliphatic heterocycles. The molecule has 0 saturated heterocycles. The van der Waals surface area contributed by atoms with E-state index in [0.29, 0.717) is 5.75 Å². The molecule has 2 aromatic carbocycles. The molecule has 2 rings (SSSR count). The first-order valence-electron chi connectivity index (χ1n) is 7.79. The Morgan fingerprint density at radius 2 is 1.65 bits per heavy atom. The summed E-state index contributed by atoms with van der Waals surface area (Å²) in [6, 6.07) is 13.7. The smallest absolute Gasteiger partial charge is 0.117 e. The van der Waals surface area contributed by atoms with Crippen LogP contribution in [0.5, 0.6) is 5.75 Å². The number of nitrogens with zero attached hydrogens (tertiary/aromatic N) is 2. The largest absolute Gasteiger partial charge is 0.508 e. The molecule has 2 aromatic rings. The number of rotatable bonds is 6. The van der Waals surface area contributed by atoms with E-state index in [4.69, 9.17) is 11.6 Å². The van der Waals surface area contributed by atoms with Crippen molar-refractivity contribution in [2.24, 2.45) is 0 Å². The third-order valence-electron chi connectivity index (χ3n) is 4.01. The van der Waals surface area contributed by atoms with Crippen molar-refractivity contribution in [2.45, 2.75) is 12.3 Å². The molecule has 0 heterocycles. The lowest BCUT2D eigenvalue weighted by Gasteiger charge is -2.26. The van der Waals surface area contributed by atoms with Crippen LogP contribution in [0.3, 0.4) is 0 Å². The standard InChI is InChI=1S/C19H25ClN2O/c1-21(2)12-11-17(14-5-7-15(20)8-6-14)18-10-9-16(23)13-19(18)22(3)4/h5-10,13,17,23H,11-12H2,1-4H3. The van der Waals surface area contributed by atoms with E-state index in [1.165, 1.54) is 11.1 Å². The Morgan fingerprint density at radius 3 is 2.22 bits per heavy atom. The minimum absolute atomic E-state index is 0.257. The SMILES string of the molecule is CN(C)CCC(c1ccc(Cl)cc1)c1ccc(O)cc1N(C)C. The number of benzene rings is 2. The number of hydrogen-bond donors (Lipinski definition) is 1. The van der Waals surface area contributed by atoms with Crippen molar-refractivity contribution < 1.29 is 5.11 Å². The monoisotopic (exact) mass is 332 g/mol. The van der Waals surface area contributed by atoms with E-state index in [2.05, 4.69) is 31.1 Å². The maximum atomic E-state index is 9.84. The highest BCUT2D eigenvalue weighted by Gasteiger charge is 2.19. The van der Waals surface area contributed by atoms with Crippen molar-refractivity contribution in [3.8, 4) is 5.75 Å². The maximum Gasteiger partial charge on any atom is 0.117 e. The Morgan fingerprint density at radius 1 is 1.00 bits per heavy atom. The van der Waals surface area contributed by atoms with Gasteiger partial charge in [0.2, 0.25) is 0 Å². The molecule has 0 radical (unpaired) electrons. The molecule has 1 N–H and O–H groups in total. The summed E-state index contributed by atoms with van der Waals surface area (Å²) < 4.78 is 0. The van der Waals surface area contributed by atoms with E-state index >= 15 is 0 Å². The Balaban J connectivity index is 2.46. The highest BCUT2D eigenvalue weighted by Crippen LogP contribution is 2.36. The van der Waals surface area contributed by atoms with Gasteiger partial charge in [-0.3, -0.25) is 0 Å². The third-order valence-corrected chi connectivity index (χ3v) is 4.26. The molecule has 1 atom stereocenters. The quantitative estimate of drug-likeness (QED) is 0.859. The summed E-state index contributed by atoms with van der Waals surface area (Å²) in [4.78, 5) is 4.24. The highest BCUT2D eigenvalue weighted by molar-refractivity contribution is 6.30. The molecular formula is C19H25ClN2O. The van der Waals surface area contributed by atoms with Gasteiger partial charge in [-0.1, -0.05) is 29.8 Å². The summed E-state index contributed by atoms with van der Waals surface area (Å²) in [6.07, 6.45) is 1.00. The second kappa shape index (κ2) is 7.71. The van der Waals surface area contributed by atoms with Crippen LogP contribution in [0.15, 0.2) is 42.5 Å². The van der Waals surface area contributed by atoms with E-state index in [9.17, 15) is 5.11 Å². The van der Waals surface area contributed by atoms with Gasteiger partial charge in [0.25, 0.3) is 0 Å². The van der Waals surface area contributed by atoms with Gasteiger partial charge in [-0.15, -0.1) is 0 Å². The molecule has 3 nitrogen and oxygen atoms in total. The van der Waals surface area contributed by atoms with E-state index < -0.39 is 0 Å². The minimum Gasteiger partial charge on any atom is -0.508 e. The number of aromatic hydroxyl groups is 1. The molecule has 23 heavy (non-hydrogen) atoms. The second-order valence-electron chi connectivity index (χ2n) is 6.33. The summed E-state index contributed by atoms with van der Waals surface area (Å²) in [5, 5.41) is 10.6. The van der Waals surface area contributed by atoms with Crippen molar-refractivity contribution in [1.82, 2.24) is 4.90 Å². The van der Waals surface area contributed by atoms with Crippen LogP contribution in [-0.2, 0) is 0 Å². The van der Waals surface area contributed by atoms with Gasteiger partial charge < -0.3 is 14.9 Å². The Kier molecular flexibility index (Phi) is 5.91. The van der Waals surface area contributed by atoms with Crippen LogP contribution in [0.25, 0.3) is 0 Å². The molecule has 1 unspecified atom stereocenters. The average Bonchev–Trinajstić information content (AvgIpc) is 2.49. The number of phenolic OH excluding ortho intramolecular Hbond substituents is 1. The summed E-state index contributed by atoms with van der Waals surface area (Å²) in [5.41, 5.74) is 3.51. The Bertz CT molecular complexity index is 638. The Hall–Kier alpha value is -1.71. The molecule has 0 saturated carbocycles. The number of hydrogen-bond acceptors (Lipinski definition) is 3. The summed E-state index contributed by atoms with van der Waals surface area (Å²) >= 11 is 6.04. The highest BCUT2D eigenvalue weighted by atomic mass is 35.5. The summed E-state index contributed by atoms with van der Waals surface area (Å²) in [7, 11) is 8.18. The fraction of sp³-hybridized carbons (Fsp3) is 0.368. The fourth-order valence-electron chi connectivity index (χ4n) is 2.80. The zero-order valence-electron chi connectivity index (χ0n) is 14.3. The summed E-state index contributed by atoms with van der Waals surface area (Å²) in [6.45, 7) is 0.987. The van der Waals surface area contributed by atoms with Gasteiger partial charge in [0.15, 0.2) is 0 Å². The van der Waals surface area contributed by atoms with Crippen molar-refractivity contribution >= 4 is 17.3 Å². The fourth-order valence-corrected chi connectivity index (χ4v) is 2.92. The lowest BCUT2D eigenvalue weighted by molar-refractivity contribution is 0.390. The van der Waals surface area contributed by atoms with Crippen LogP contribution >= 0.6 is 11.6 Å². The van der Waals surface area contributed by atoms with Gasteiger partial charge in [-0.05, 0) is 56.4 Å². The van der Waals surface area contributed by atoms with Crippen molar-refractivity contribution in [2.75, 3.05) is 39.6 Å². The van der Waals surface area contributed by atoms with Gasteiger partial charge in [-0.25, -0.2) is 0 Å². The predicted molar refractivity (Wildman–Crippen MR) is 98.9 cm³/mol. The van der Waals surface area contributed by atoms with E-state index in [1.54, 1.807) is 6.07 Å². The normalized spacial score (nSPS) is 12.4. The van der Waals surface area contributed by atoms with E-state index in [1.807, 2.05) is 43.3 Å². The van der Waals surface area contributed by atoms with Crippen LogP contribution in [-0.4, -0.2) is 44.7 Å². The maximum absolute atomic E-state index is 9.84. The van der Waals surface area contributed by atoms with Crippen molar-refractivity contribution in [1.29, 1.82) is 0 Å². The average molecular weight is 333 g/mol. The van der Waals surface area contributed by atoms with Crippen LogP contribution in [0.4, 0.5) is 5.69 Å². The molecule has 0 aliphatic carbocycles. The lowest BCUT2D eigenvalue weighted by Crippen LogP contribution is -2.19. The molecule has 0 aromatic heterocycles. The zero-order valence-corrected chi connectivity index (χ0v) is 15.0. The first-order valence-corrected chi connectivity index (χ1v) is 8.16. The second-order valence-corrected chi connectivity index (χ2v) is 6.77. The molecule has 4 heteroatoms. The van der Waals surface area contributed by atoms with Crippen LogP contribution in [0.2, 0.25) is 5.02 Å². The van der Waals surface area contributed by atoms with Gasteiger partial charge in [0, 0.05) is 36.8 Å². The number of anilines is 1. The zero-order chi connectivity index (χ0) is 17.0. The molecule has 0 aliphatic rings. The Labute approximate surface area is 144 Å². The minimum atomic E-state index is 0.257. The first kappa shape index (κ1) is 17.6. The lowest BCUT2D eigenvalue weighted by atomic mass is 9.87. The molecule has 0 amide bonds. The van der Waals surface area contributed by atoms with Gasteiger partial charge >= 0.3 is 0 Å². The van der Waals surface area contributed by atoms with Crippen LogP contribution < -0.4 is 4.90 Å². The molecule has 0 fully saturated rings. The third kappa shape index (κ3) is 4.63. The molecule has 0 spiro atoms. The van der Waals surface area contributed by atoms with Crippen LogP contribution in [0.1, 0.15) is 23.5 Å². The van der Waals surface area contributed by atoms with E-state index in [0.717, 1.165) is 23.7 Å². The number of halogens is 1. The van der Waals surface area contributed by atoms with Gasteiger partial charge in [-0.2, -0.15) is 0 Å². The van der Waals surface area contributed by atoms with Gasteiger partial charge in [0.1, 0.15) is 5.75 Å². The topological polar surface area (TPSA) is 26.7 Å². The number of phenols is 1. The first-order chi connectivity index (χ1) is 10.9. The van der Waals surface area contributed by atoms with E-state index in [-0.39, 0.29) is 5.92 Å². The summed E-state index contributed by atoms with van der Waals surface area (Å²) in [5.74, 6) is 0.549. The van der Waals surface area contributed by atoms with Crippen molar-refractivity contribution in [3.63, 3.8) is 0 Å². The molecule has 0 bridgehead atoms.